The highest BCUT2D eigenvalue weighted by Crippen LogP contribution is 2.29. The monoisotopic (exact) mass is 430 g/mol. The fourth-order valence-electron chi connectivity index (χ4n) is 3.64. The summed E-state index contributed by atoms with van der Waals surface area (Å²) in [6.07, 6.45) is 2.58. The number of hydrogen-bond acceptors (Lipinski definition) is 6. The van der Waals surface area contributed by atoms with Crippen LogP contribution in [-0.2, 0) is 6.42 Å². The average molecular weight is 431 g/mol. The minimum Gasteiger partial charge on any atom is -0.343 e. The first-order valence-corrected chi connectivity index (χ1v) is 11.0. The molecule has 0 aliphatic carbocycles. The van der Waals surface area contributed by atoms with Crippen molar-refractivity contribution in [1.29, 1.82) is 0 Å². The van der Waals surface area contributed by atoms with Gasteiger partial charge in [0.25, 0.3) is 5.56 Å². The van der Waals surface area contributed by atoms with E-state index in [1.165, 1.54) is 15.9 Å². The van der Waals surface area contributed by atoms with Gasteiger partial charge in [-0.3, -0.25) is 9.36 Å². The summed E-state index contributed by atoms with van der Waals surface area (Å²) in [6.45, 7) is 4.12. The molecule has 3 aromatic heterocycles. The molecule has 1 unspecified atom stereocenters. The van der Waals surface area contributed by atoms with Crippen molar-refractivity contribution in [3.63, 3.8) is 0 Å². The second-order valence-corrected chi connectivity index (χ2v) is 8.43. The van der Waals surface area contributed by atoms with Crippen molar-refractivity contribution in [2.75, 3.05) is 11.9 Å². The molecule has 0 saturated carbocycles. The van der Waals surface area contributed by atoms with Crippen molar-refractivity contribution in [3.05, 3.63) is 82.5 Å². The van der Waals surface area contributed by atoms with E-state index in [2.05, 4.69) is 61.8 Å². The molecular formula is C23H22N6OS. The smallest absolute Gasteiger partial charge is 0.275 e. The van der Waals surface area contributed by atoms with Gasteiger partial charge < -0.3 is 4.90 Å². The summed E-state index contributed by atoms with van der Waals surface area (Å²) < 4.78 is 3.47. The van der Waals surface area contributed by atoms with Crippen LogP contribution < -0.4 is 10.5 Å². The highest BCUT2D eigenvalue weighted by atomic mass is 32.1. The van der Waals surface area contributed by atoms with E-state index in [0.717, 1.165) is 39.5 Å². The van der Waals surface area contributed by atoms with Crippen LogP contribution in [0, 0.1) is 0 Å². The molecule has 5 aromatic rings. The zero-order valence-electron chi connectivity index (χ0n) is 17.6. The third-order valence-corrected chi connectivity index (χ3v) is 6.64. The van der Waals surface area contributed by atoms with Gasteiger partial charge >= 0.3 is 0 Å². The Hall–Kier alpha value is -3.52. The molecular weight excluding hydrogens is 408 g/mol. The molecule has 0 saturated heterocycles. The lowest BCUT2D eigenvalue weighted by atomic mass is 10.1. The first kappa shape index (κ1) is 19.4. The number of para-hydroxylation sites is 2. The fraction of sp³-hybridized carbons (Fsp3) is 0.217. The predicted molar refractivity (Wildman–Crippen MR) is 124 cm³/mol. The molecule has 7 nitrogen and oxygen atoms in total. The van der Waals surface area contributed by atoms with E-state index in [1.807, 2.05) is 38.5 Å². The van der Waals surface area contributed by atoms with E-state index in [0.29, 0.717) is 4.96 Å². The molecule has 0 spiro atoms. The molecule has 1 atom stereocenters. The Labute approximate surface area is 183 Å². The molecule has 0 aliphatic rings. The van der Waals surface area contributed by atoms with Gasteiger partial charge in [0.2, 0.25) is 10.1 Å². The maximum atomic E-state index is 12.3. The Morgan fingerprint density at radius 2 is 1.90 bits per heavy atom. The van der Waals surface area contributed by atoms with Gasteiger partial charge in [0, 0.05) is 24.5 Å². The highest BCUT2D eigenvalue weighted by molar-refractivity contribution is 7.20. The number of fused-ring (bicyclic) bond motifs is 2. The van der Waals surface area contributed by atoms with Gasteiger partial charge in [0.05, 0.1) is 17.1 Å². The Morgan fingerprint density at radius 3 is 2.68 bits per heavy atom. The first-order valence-electron chi connectivity index (χ1n) is 10.2. The Bertz CT molecular complexity index is 1430. The SMILES string of the molecule is CCc1cc(=O)n2nc(N(C)C(C)c3ccc(-n4cnc5ccccc54)cc3)sc2n1. The third kappa shape index (κ3) is 3.38. The van der Waals surface area contributed by atoms with E-state index >= 15 is 0 Å². The fourth-order valence-corrected chi connectivity index (χ4v) is 4.61. The van der Waals surface area contributed by atoms with Gasteiger partial charge in [0.1, 0.15) is 6.33 Å². The third-order valence-electron chi connectivity index (χ3n) is 5.64. The number of nitrogens with zero attached hydrogens (tertiary/aromatic N) is 6. The summed E-state index contributed by atoms with van der Waals surface area (Å²) in [4.78, 5) is 24.0. The van der Waals surface area contributed by atoms with Crippen LogP contribution in [0.25, 0.3) is 21.7 Å². The lowest BCUT2D eigenvalue weighted by Crippen LogP contribution is -2.22. The summed E-state index contributed by atoms with van der Waals surface area (Å²) in [6, 6.07) is 18.2. The van der Waals surface area contributed by atoms with Crippen molar-refractivity contribution in [1.82, 2.24) is 24.1 Å². The molecule has 0 amide bonds. The number of aryl methyl sites for hydroxylation is 1. The van der Waals surface area contributed by atoms with Crippen LogP contribution in [0.4, 0.5) is 5.13 Å². The number of hydrogen-bond donors (Lipinski definition) is 0. The molecule has 0 radical (unpaired) electrons. The number of aromatic nitrogens is 5. The summed E-state index contributed by atoms with van der Waals surface area (Å²) in [5.74, 6) is 0. The van der Waals surface area contributed by atoms with E-state index in [9.17, 15) is 4.79 Å². The maximum Gasteiger partial charge on any atom is 0.275 e. The molecule has 0 bridgehead atoms. The Morgan fingerprint density at radius 1 is 1.13 bits per heavy atom. The lowest BCUT2D eigenvalue weighted by Gasteiger charge is -2.24. The minimum atomic E-state index is -0.137. The van der Waals surface area contributed by atoms with Crippen LogP contribution in [0.3, 0.4) is 0 Å². The van der Waals surface area contributed by atoms with Crippen LogP contribution in [0.2, 0.25) is 0 Å². The number of rotatable bonds is 5. The largest absolute Gasteiger partial charge is 0.343 e. The normalized spacial score (nSPS) is 12.5. The van der Waals surface area contributed by atoms with Crippen molar-refractivity contribution < 1.29 is 0 Å². The molecule has 8 heteroatoms. The number of anilines is 1. The van der Waals surface area contributed by atoms with Crippen LogP contribution in [-0.4, -0.2) is 31.2 Å². The summed E-state index contributed by atoms with van der Waals surface area (Å²) >= 11 is 1.43. The molecule has 0 aliphatic heterocycles. The molecule has 5 rings (SSSR count). The van der Waals surface area contributed by atoms with E-state index in [1.54, 1.807) is 6.07 Å². The van der Waals surface area contributed by atoms with Crippen LogP contribution in [0.1, 0.15) is 31.1 Å². The zero-order valence-corrected chi connectivity index (χ0v) is 18.4. The second kappa shape index (κ2) is 7.63. The van der Waals surface area contributed by atoms with Crippen molar-refractivity contribution in [3.8, 4) is 5.69 Å². The molecule has 2 aromatic carbocycles. The van der Waals surface area contributed by atoms with Crippen LogP contribution >= 0.6 is 11.3 Å². The highest BCUT2D eigenvalue weighted by Gasteiger charge is 2.18. The van der Waals surface area contributed by atoms with Gasteiger partial charge in [-0.05, 0) is 43.2 Å². The Balaban J connectivity index is 1.43. The molecule has 31 heavy (non-hydrogen) atoms. The van der Waals surface area contributed by atoms with Crippen molar-refractivity contribution in [2.45, 2.75) is 26.3 Å². The van der Waals surface area contributed by atoms with Crippen molar-refractivity contribution >= 4 is 32.5 Å². The van der Waals surface area contributed by atoms with E-state index in [-0.39, 0.29) is 11.6 Å². The quantitative estimate of drug-likeness (QED) is 0.417. The van der Waals surface area contributed by atoms with Crippen LogP contribution in [0.5, 0.6) is 0 Å². The van der Waals surface area contributed by atoms with E-state index < -0.39 is 0 Å². The van der Waals surface area contributed by atoms with Gasteiger partial charge in [-0.2, -0.15) is 4.52 Å². The Kier molecular flexibility index (Phi) is 4.78. The molecule has 0 N–H and O–H groups in total. The predicted octanol–water partition coefficient (Wildman–Crippen LogP) is 4.25. The summed E-state index contributed by atoms with van der Waals surface area (Å²) in [5, 5.41) is 5.26. The lowest BCUT2D eigenvalue weighted by molar-refractivity contribution is 0.723. The molecule has 0 fully saturated rings. The van der Waals surface area contributed by atoms with Gasteiger partial charge in [-0.1, -0.05) is 42.5 Å². The average Bonchev–Trinajstić information content (AvgIpc) is 3.43. The van der Waals surface area contributed by atoms with Gasteiger partial charge in [0.15, 0.2) is 0 Å². The topological polar surface area (TPSA) is 68.3 Å². The maximum absolute atomic E-state index is 12.3. The summed E-state index contributed by atoms with van der Waals surface area (Å²) in [7, 11) is 1.99. The van der Waals surface area contributed by atoms with Gasteiger partial charge in [-0.25, -0.2) is 9.97 Å². The number of imidazole rings is 1. The summed E-state index contributed by atoms with van der Waals surface area (Å²) in [5.41, 5.74) is 4.94. The second-order valence-electron chi connectivity index (χ2n) is 7.50. The number of benzene rings is 2. The standard InChI is InChI=1S/C23H22N6OS/c1-4-17-13-21(30)29-22(25-17)31-23(26-29)27(3)15(2)16-9-11-18(12-10-16)28-14-24-19-7-5-6-8-20(19)28/h5-15H,4H2,1-3H3. The van der Waals surface area contributed by atoms with Crippen LogP contribution in [0.15, 0.2) is 65.7 Å². The minimum absolute atomic E-state index is 0.0792. The van der Waals surface area contributed by atoms with Crippen molar-refractivity contribution in [2.24, 2.45) is 0 Å². The van der Waals surface area contributed by atoms with Gasteiger partial charge in [-0.15, -0.1) is 5.10 Å². The zero-order chi connectivity index (χ0) is 21.5. The molecule has 3 heterocycles. The first-order chi connectivity index (χ1) is 15.0. The van der Waals surface area contributed by atoms with E-state index in [4.69, 9.17) is 0 Å². The molecule has 156 valence electrons.